The molecule has 0 saturated carbocycles. The second-order valence-electron chi connectivity index (χ2n) is 5.65. The minimum absolute atomic E-state index is 0.211. The van der Waals surface area contributed by atoms with Gasteiger partial charge in [-0.15, -0.1) is 0 Å². The highest BCUT2D eigenvalue weighted by atomic mass is 16.5. The van der Waals surface area contributed by atoms with E-state index in [0.717, 1.165) is 26.3 Å². The van der Waals surface area contributed by atoms with E-state index in [1.165, 1.54) is 6.42 Å². The third kappa shape index (κ3) is 3.74. The van der Waals surface area contributed by atoms with Gasteiger partial charge in [-0.05, 0) is 38.3 Å². The first-order valence-corrected chi connectivity index (χ1v) is 5.94. The Bertz CT molecular complexity index is 188. The molecule has 0 aliphatic carbocycles. The number of hydrogen-bond acceptors (Lipinski definition) is 3. The number of hydrogen-bond donors (Lipinski definition) is 1. The van der Waals surface area contributed by atoms with Gasteiger partial charge in [-0.1, -0.05) is 13.8 Å². The summed E-state index contributed by atoms with van der Waals surface area (Å²) in [6.45, 7) is 10.4. The Hall–Kier alpha value is -0.120. The van der Waals surface area contributed by atoms with Gasteiger partial charge >= 0.3 is 0 Å². The predicted octanol–water partition coefficient (Wildman–Crippen LogP) is 1.33. The van der Waals surface area contributed by atoms with Crippen molar-refractivity contribution < 1.29 is 4.74 Å². The van der Waals surface area contributed by atoms with Crippen LogP contribution < -0.4 is 5.73 Å². The van der Waals surface area contributed by atoms with Crippen molar-refractivity contribution in [1.82, 2.24) is 4.90 Å². The zero-order valence-corrected chi connectivity index (χ0v) is 10.6. The summed E-state index contributed by atoms with van der Waals surface area (Å²) in [5.41, 5.74) is 5.97. The molecule has 0 radical (unpaired) electrons. The molecule has 1 aliphatic heterocycles. The highest BCUT2D eigenvalue weighted by molar-refractivity contribution is 4.81. The molecular formula is C12H26N2O. The summed E-state index contributed by atoms with van der Waals surface area (Å²) in [7, 11) is 2.19. The van der Waals surface area contributed by atoms with Crippen molar-refractivity contribution in [3.63, 3.8) is 0 Å². The van der Waals surface area contributed by atoms with Crippen molar-refractivity contribution in [3.05, 3.63) is 0 Å². The molecule has 3 heteroatoms. The average Bonchev–Trinajstić information content (AvgIpc) is 2.68. The molecule has 2 N–H and O–H groups in total. The number of nitrogens with two attached hydrogens (primary N) is 1. The Morgan fingerprint density at radius 1 is 1.53 bits per heavy atom. The van der Waals surface area contributed by atoms with Crippen molar-refractivity contribution in [2.24, 2.45) is 17.1 Å². The van der Waals surface area contributed by atoms with E-state index >= 15 is 0 Å². The summed E-state index contributed by atoms with van der Waals surface area (Å²) in [6, 6.07) is 0.596. The molecule has 2 unspecified atom stereocenters. The first-order chi connectivity index (χ1) is 6.96. The van der Waals surface area contributed by atoms with E-state index in [2.05, 4.69) is 32.7 Å². The van der Waals surface area contributed by atoms with Gasteiger partial charge in [0.1, 0.15) is 0 Å². The molecule has 1 rings (SSSR count). The van der Waals surface area contributed by atoms with Crippen LogP contribution in [0, 0.1) is 11.3 Å². The fourth-order valence-electron chi connectivity index (χ4n) is 2.18. The van der Waals surface area contributed by atoms with E-state index in [0.29, 0.717) is 12.0 Å². The lowest BCUT2D eigenvalue weighted by atomic mass is 9.91. The Balaban J connectivity index is 2.41. The van der Waals surface area contributed by atoms with E-state index in [1.54, 1.807) is 0 Å². The number of ether oxygens (including phenoxy) is 1. The topological polar surface area (TPSA) is 38.5 Å². The molecule has 1 fully saturated rings. The average molecular weight is 214 g/mol. The van der Waals surface area contributed by atoms with E-state index in [-0.39, 0.29) is 5.41 Å². The van der Waals surface area contributed by atoms with Crippen LogP contribution in [0.5, 0.6) is 0 Å². The van der Waals surface area contributed by atoms with Crippen molar-refractivity contribution in [3.8, 4) is 0 Å². The van der Waals surface area contributed by atoms with Crippen LogP contribution in [-0.2, 0) is 4.74 Å². The van der Waals surface area contributed by atoms with Crippen molar-refractivity contribution in [2.75, 3.05) is 33.4 Å². The van der Waals surface area contributed by atoms with Crippen molar-refractivity contribution in [1.29, 1.82) is 0 Å². The molecule has 0 aromatic carbocycles. The Morgan fingerprint density at radius 2 is 2.20 bits per heavy atom. The first-order valence-electron chi connectivity index (χ1n) is 5.94. The maximum absolute atomic E-state index is 5.76. The molecule has 90 valence electrons. The van der Waals surface area contributed by atoms with Crippen LogP contribution in [0.3, 0.4) is 0 Å². The fraction of sp³-hybridized carbons (Fsp3) is 1.00. The van der Waals surface area contributed by atoms with E-state index in [1.807, 2.05) is 0 Å². The van der Waals surface area contributed by atoms with E-state index in [9.17, 15) is 0 Å². The molecule has 2 atom stereocenters. The van der Waals surface area contributed by atoms with Gasteiger partial charge in [0.25, 0.3) is 0 Å². The molecule has 0 amide bonds. The molecule has 0 bridgehead atoms. The monoisotopic (exact) mass is 214 g/mol. The van der Waals surface area contributed by atoms with Crippen LogP contribution in [-0.4, -0.2) is 44.3 Å². The predicted molar refractivity (Wildman–Crippen MR) is 63.9 cm³/mol. The minimum Gasteiger partial charge on any atom is -0.381 e. The lowest BCUT2D eigenvalue weighted by Crippen LogP contribution is -2.43. The van der Waals surface area contributed by atoms with Crippen molar-refractivity contribution >= 4 is 0 Å². The third-order valence-corrected chi connectivity index (χ3v) is 3.57. The van der Waals surface area contributed by atoms with Gasteiger partial charge < -0.3 is 15.4 Å². The number of nitrogens with zero attached hydrogens (tertiary/aromatic N) is 1. The Labute approximate surface area is 94.0 Å². The first kappa shape index (κ1) is 12.9. The third-order valence-electron chi connectivity index (χ3n) is 3.57. The summed E-state index contributed by atoms with van der Waals surface area (Å²) in [5, 5.41) is 0. The standard InChI is InChI=1S/C12H26N2O/c1-10(11-5-6-15-7-11)14(4)9-12(2,3)8-13/h10-11H,5-9,13H2,1-4H3. The molecule has 0 spiro atoms. The van der Waals surface area contributed by atoms with Gasteiger partial charge in [0.05, 0.1) is 6.61 Å². The molecule has 0 aromatic heterocycles. The lowest BCUT2D eigenvalue weighted by Gasteiger charge is -2.35. The molecule has 15 heavy (non-hydrogen) atoms. The maximum atomic E-state index is 5.76. The van der Waals surface area contributed by atoms with Crippen LogP contribution in [0.4, 0.5) is 0 Å². The summed E-state index contributed by atoms with van der Waals surface area (Å²) >= 11 is 0. The smallest absolute Gasteiger partial charge is 0.0509 e. The molecule has 0 aromatic rings. The van der Waals surface area contributed by atoms with Gasteiger partial charge in [-0.2, -0.15) is 0 Å². The van der Waals surface area contributed by atoms with E-state index < -0.39 is 0 Å². The molecular weight excluding hydrogens is 188 g/mol. The second-order valence-corrected chi connectivity index (χ2v) is 5.65. The normalized spacial score (nSPS) is 24.8. The lowest BCUT2D eigenvalue weighted by molar-refractivity contribution is 0.117. The van der Waals surface area contributed by atoms with Crippen LogP contribution in [0.25, 0.3) is 0 Å². The van der Waals surface area contributed by atoms with E-state index in [4.69, 9.17) is 10.5 Å². The molecule has 1 aliphatic rings. The summed E-state index contributed by atoms with van der Waals surface area (Å²) in [4.78, 5) is 2.42. The SMILES string of the molecule is CC(C1CCOC1)N(C)CC(C)(C)CN. The summed E-state index contributed by atoms with van der Waals surface area (Å²) in [5.74, 6) is 0.698. The van der Waals surface area contributed by atoms with Crippen LogP contribution in [0.15, 0.2) is 0 Å². The molecule has 3 nitrogen and oxygen atoms in total. The summed E-state index contributed by atoms with van der Waals surface area (Å²) < 4.78 is 5.43. The van der Waals surface area contributed by atoms with Gasteiger partial charge in [-0.3, -0.25) is 0 Å². The van der Waals surface area contributed by atoms with Crippen LogP contribution >= 0.6 is 0 Å². The minimum atomic E-state index is 0.211. The van der Waals surface area contributed by atoms with Gasteiger partial charge in [0.2, 0.25) is 0 Å². The highest BCUT2D eigenvalue weighted by Gasteiger charge is 2.28. The van der Waals surface area contributed by atoms with Crippen molar-refractivity contribution in [2.45, 2.75) is 33.2 Å². The Morgan fingerprint density at radius 3 is 2.67 bits per heavy atom. The zero-order valence-electron chi connectivity index (χ0n) is 10.6. The zero-order chi connectivity index (χ0) is 11.5. The highest BCUT2D eigenvalue weighted by Crippen LogP contribution is 2.23. The van der Waals surface area contributed by atoms with Gasteiger partial charge in [-0.25, -0.2) is 0 Å². The second kappa shape index (κ2) is 5.28. The Kier molecular flexibility index (Phi) is 4.56. The fourth-order valence-corrected chi connectivity index (χ4v) is 2.18. The van der Waals surface area contributed by atoms with Crippen LogP contribution in [0.1, 0.15) is 27.2 Å². The summed E-state index contributed by atoms with van der Waals surface area (Å²) in [6.07, 6.45) is 1.20. The largest absolute Gasteiger partial charge is 0.381 e. The molecule has 1 heterocycles. The number of rotatable bonds is 5. The maximum Gasteiger partial charge on any atom is 0.0509 e. The van der Waals surface area contributed by atoms with Gasteiger partial charge in [0, 0.05) is 19.2 Å². The molecule has 1 saturated heterocycles. The van der Waals surface area contributed by atoms with Gasteiger partial charge in [0.15, 0.2) is 0 Å². The quantitative estimate of drug-likeness (QED) is 0.750. The van der Waals surface area contributed by atoms with Crippen LogP contribution in [0.2, 0.25) is 0 Å².